The lowest BCUT2D eigenvalue weighted by atomic mass is 9.68. The predicted octanol–water partition coefficient (Wildman–Crippen LogP) is 4.90. The fourth-order valence-electron chi connectivity index (χ4n) is 3.20. The number of halogens is 1. The Hall–Kier alpha value is -1.60. The minimum absolute atomic E-state index is 0.0617. The topological polar surface area (TPSA) is 66.9 Å². The number of hydrogen-bond donors (Lipinski definition) is 0. The summed E-state index contributed by atoms with van der Waals surface area (Å²) < 4.78 is 0. The molecule has 0 unspecified atom stereocenters. The molecule has 0 bridgehead atoms. The Morgan fingerprint density at radius 3 is 2.67 bits per heavy atom. The molecule has 0 heterocycles. The van der Waals surface area contributed by atoms with Gasteiger partial charge in [-0.25, -0.2) is 0 Å². The molecular weight excluding hydrogens is 288 g/mol. The van der Waals surface area contributed by atoms with E-state index in [2.05, 4.69) is 13.0 Å². The van der Waals surface area contributed by atoms with E-state index in [4.69, 9.17) is 11.6 Å². The Morgan fingerprint density at radius 1 is 1.48 bits per heavy atom. The van der Waals surface area contributed by atoms with Crippen LogP contribution in [0.5, 0.6) is 0 Å². The van der Waals surface area contributed by atoms with E-state index >= 15 is 0 Å². The Bertz CT molecular complexity index is 572. The molecule has 0 aliphatic heterocycles. The maximum absolute atomic E-state index is 11.1. The number of nitro groups is 1. The first-order chi connectivity index (χ1) is 9.99. The van der Waals surface area contributed by atoms with Crippen LogP contribution in [0.15, 0.2) is 18.2 Å². The van der Waals surface area contributed by atoms with Crippen LogP contribution in [0.1, 0.15) is 44.6 Å². The molecule has 1 aromatic carbocycles. The summed E-state index contributed by atoms with van der Waals surface area (Å²) in [4.78, 5) is 10.8. The van der Waals surface area contributed by atoms with Gasteiger partial charge in [0.2, 0.25) is 0 Å². The molecule has 2 rings (SSSR count). The number of rotatable bonds is 4. The summed E-state index contributed by atoms with van der Waals surface area (Å²) in [6.07, 6.45) is 5.23. The molecule has 1 aliphatic rings. The molecule has 0 radical (unpaired) electrons. The van der Waals surface area contributed by atoms with E-state index in [1.54, 1.807) is 6.07 Å². The highest BCUT2D eigenvalue weighted by molar-refractivity contribution is 6.30. The van der Waals surface area contributed by atoms with Crippen LogP contribution in [0.2, 0.25) is 5.02 Å². The maximum atomic E-state index is 11.1. The molecule has 21 heavy (non-hydrogen) atoms. The number of nitrogens with zero attached hydrogens (tertiary/aromatic N) is 2. The van der Waals surface area contributed by atoms with Crippen LogP contribution in [-0.4, -0.2) is 4.92 Å². The van der Waals surface area contributed by atoms with E-state index in [1.807, 2.05) is 0 Å². The molecule has 0 N–H and O–H groups in total. The van der Waals surface area contributed by atoms with Gasteiger partial charge in [-0.3, -0.25) is 10.1 Å². The fraction of sp³-hybridized carbons (Fsp3) is 0.562. The maximum Gasteiger partial charge on any atom is 0.272 e. The molecule has 0 spiro atoms. The van der Waals surface area contributed by atoms with E-state index in [0.29, 0.717) is 22.9 Å². The lowest BCUT2D eigenvalue weighted by molar-refractivity contribution is -0.385. The highest BCUT2D eigenvalue weighted by Gasteiger charge is 2.36. The van der Waals surface area contributed by atoms with Gasteiger partial charge in [-0.15, -0.1) is 0 Å². The van der Waals surface area contributed by atoms with Gasteiger partial charge < -0.3 is 0 Å². The smallest absolute Gasteiger partial charge is 0.258 e. The average Bonchev–Trinajstić information content (AvgIpc) is 2.47. The first-order valence-corrected chi connectivity index (χ1v) is 7.71. The second-order valence-electron chi connectivity index (χ2n) is 5.95. The third kappa shape index (κ3) is 3.54. The molecule has 0 atom stereocenters. The van der Waals surface area contributed by atoms with Crippen molar-refractivity contribution in [2.75, 3.05) is 0 Å². The van der Waals surface area contributed by atoms with Gasteiger partial charge in [0, 0.05) is 16.7 Å². The number of benzene rings is 1. The van der Waals surface area contributed by atoms with E-state index in [1.165, 1.54) is 12.1 Å². The molecule has 0 aromatic heterocycles. The normalized spacial score (nSPS) is 25.3. The van der Waals surface area contributed by atoms with Crippen molar-refractivity contribution in [3.63, 3.8) is 0 Å². The van der Waals surface area contributed by atoms with Crippen molar-refractivity contribution in [2.45, 2.75) is 45.4 Å². The molecule has 0 amide bonds. The van der Waals surface area contributed by atoms with Gasteiger partial charge in [-0.05, 0) is 50.2 Å². The summed E-state index contributed by atoms with van der Waals surface area (Å²) in [6, 6.07) is 7.02. The lowest BCUT2D eigenvalue weighted by Crippen LogP contribution is -2.28. The fourth-order valence-corrected chi connectivity index (χ4v) is 3.40. The van der Waals surface area contributed by atoms with Crippen molar-refractivity contribution < 1.29 is 4.92 Å². The van der Waals surface area contributed by atoms with Crippen LogP contribution in [-0.2, 0) is 6.42 Å². The van der Waals surface area contributed by atoms with Crippen molar-refractivity contribution in [2.24, 2.45) is 11.3 Å². The summed E-state index contributed by atoms with van der Waals surface area (Å²) in [7, 11) is 0. The van der Waals surface area contributed by atoms with Gasteiger partial charge in [-0.2, -0.15) is 5.26 Å². The van der Waals surface area contributed by atoms with E-state index in [0.717, 1.165) is 32.1 Å². The van der Waals surface area contributed by atoms with Crippen LogP contribution in [0, 0.1) is 32.8 Å². The molecule has 4 nitrogen and oxygen atoms in total. The number of hydrogen-bond acceptors (Lipinski definition) is 3. The quantitative estimate of drug-likeness (QED) is 0.587. The molecular formula is C16H19ClN2O2. The molecule has 0 saturated heterocycles. The van der Waals surface area contributed by atoms with Crippen LogP contribution in [0.4, 0.5) is 5.69 Å². The summed E-state index contributed by atoms with van der Waals surface area (Å²) in [5.74, 6) is 0.681. The Labute approximate surface area is 129 Å². The SMILES string of the molecule is CCC1CCC(C#N)(Cc2cc(Cl)ccc2[N+](=O)[O-])CC1. The zero-order valence-corrected chi connectivity index (χ0v) is 12.9. The average molecular weight is 307 g/mol. The van der Waals surface area contributed by atoms with Crippen LogP contribution in [0.25, 0.3) is 0 Å². The summed E-state index contributed by atoms with van der Waals surface area (Å²) in [5.41, 5.74) is 0.150. The highest BCUT2D eigenvalue weighted by atomic mass is 35.5. The number of nitro benzene ring substituents is 1. The van der Waals surface area contributed by atoms with Crippen molar-refractivity contribution in [3.05, 3.63) is 38.9 Å². The van der Waals surface area contributed by atoms with Gasteiger partial charge in [0.05, 0.1) is 16.4 Å². The predicted molar refractivity (Wildman–Crippen MR) is 82.1 cm³/mol. The van der Waals surface area contributed by atoms with Gasteiger partial charge in [-0.1, -0.05) is 24.9 Å². The minimum atomic E-state index is -0.485. The van der Waals surface area contributed by atoms with Crippen molar-refractivity contribution >= 4 is 17.3 Å². The van der Waals surface area contributed by atoms with Crippen molar-refractivity contribution in [1.29, 1.82) is 5.26 Å². The Kier molecular flexibility index (Phi) is 4.84. The van der Waals surface area contributed by atoms with Gasteiger partial charge in [0.25, 0.3) is 5.69 Å². The molecule has 1 aliphatic carbocycles. The number of nitriles is 1. The first kappa shape index (κ1) is 15.8. The van der Waals surface area contributed by atoms with Crippen molar-refractivity contribution in [3.8, 4) is 6.07 Å². The summed E-state index contributed by atoms with van der Waals surface area (Å²) >= 11 is 5.97. The molecule has 1 fully saturated rings. The minimum Gasteiger partial charge on any atom is -0.258 e. The van der Waals surface area contributed by atoms with E-state index < -0.39 is 10.3 Å². The van der Waals surface area contributed by atoms with Gasteiger partial charge in [0.1, 0.15) is 0 Å². The second-order valence-corrected chi connectivity index (χ2v) is 6.39. The second kappa shape index (κ2) is 6.44. The standard InChI is InChI=1S/C16H19ClN2O2/c1-2-12-5-7-16(11-18,8-6-12)10-13-9-14(17)3-4-15(13)19(20)21/h3-4,9,12H,2,5-8,10H2,1H3. The third-order valence-corrected chi connectivity index (χ3v) is 4.88. The van der Waals surface area contributed by atoms with Crippen molar-refractivity contribution in [1.82, 2.24) is 0 Å². The third-order valence-electron chi connectivity index (χ3n) is 4.64. The molecule has 112 valence electrons. The summed E-state index contributed by atoms with van der Waals surface area (Å²) in [5, 5.41) is 21.2. The lowest BCUT2D eigenvalue weighted by Gasteiger charge is -2.34. The summed E-state index contributed by atoms with van der Waals surface area (Å²) in [6.45, 7) is 2.17. The van der Waals surface area contributed by atoms with Crippen LogP contribution in [0.3, 0.4) is 0 Å². The molecule has 1 aromatic rings. The highest BCUT2D eigenvalue weighted by Crippen LogP contribution is 2.43. The van der Waals surface area contributed by atoms with Gasteiger partial charge in [0.15, 0.2) is 0 Å². The van der Waals surface area contributed by atoms with Gasteiger partial charge >= 0.3 is 0 Å². The molecule has 5 heteroatoms. The van der Waals surface area contributed by atoms with Crippen LogP contribution < -0.4 is 0 Å². The Balaban J connectivity index is 2.26. The molecule has 1 saturated carbocycles. The van der Waals surface area contributed by atoms with E-state index in [-0.39, 0.29) is 5.69 Å². The van der Waals surface area contributed by atoms with Crippen LogP contribution >= 0.6 is 11.6 Å². The zero-order valence-electron chi connectivity index (χ0n) is 12.1. The first-order valence-electron chi connectivity index (χ1n) is 7.34. The van der Waals surface area contributed by atoms with E-state index in [9.17, 15) is 15.4 Å². The largest absolute Gasteiger partial charge is 0.272 e. The monoisotopic (exact) mass is 306 g/mol. The zero-order chi connectivity index (χ0) is 15.5. The Morgan fingerprint density at radius 2 is 2.14 bits per heavy atom.